The average molecular weight is 381 g/mol. The largest absolute Gasteiger partial charge is 0.460 e. The second-order valence-electron chi connectivity index (χ2n) is 6.11. The van der Waals surface area contributed by atoms with Gasteiger partial charge in [0.25, 0.3) is 5.91 Å². The number of thiophene rings is 1. The van der Waals surface area contributed by atoms with Gasteiger partial charge in [-0.2, -0.15) is 0 Å². The SMILES string of the molecule is C=CCOC(=O)C(NC(=O)Nc1sc2c(c1C(N)=O)CCOC2)C(C)C. The van der Waals surface area contributed by atoms with E-state index in [4.69, 9.17) is 15.2 Å². The van der Waals surface area contributed by atoms with Crippen molar-refractivity contribution in [1.29, 1.82) is 0 Å². The predicted octanol–water partition coefficient (Wildman–Crippen LogP) is 1.79. The number of rotatable bonds is 7. The van der Waals surface area contributed by atoms with Crippen LogP contribution in [0.2, 0.25) is 0 Å². The van der Waals surface area contributed by atoms with E-state index in [1.54, 1.807) is 13.8 Å². The Morgan fingerprint density at radius 1 is 1.42 bits per heavy atom. The van der Waals surface area contributed by atoms with E-state index in [9.17, 15) is 14.4 Å². The molecule has 0 bridgehead atoms. The maximum Gasteiger partial charge on any atom is 0.329 e. The van der Waals surface area contributed by atoms with Crippen LogP contribution in [0, 0.1) is 5.92 Å². The molecule has 1 atom stereocenters. The first-order valence-electron chi connectivity index (χ1n) is 8.22. The van der Waals surface area contributed by atoms with Gasteiger partial charge >= 0.3 is 12.0 Å². The van der Waals surface area contributed by atoms with Crippen molar-refractivity contribution in [3.05, 3.63) is 28.7 Å². The van der Waals surface area contributed by atoms with E-state index >= 15 is 0 Å². The number of nitrogens with two attached hydrogens (primary N) is 1. The highest BCUT2D eigenvalue weighted by Crippen LogP contribution is 2.36. The second-order valence-corrected chi connectivity index (χ2v) is 7.22. The van der Waals surface area contributed by atoms with Gasteiger partial charge in [0.15, 0.2) is 0 Å². The zero-order chi connectivity index (χ0) is 19.3. The number of carbonyl (C=O) groups excluding carboxylic acids is 3. The minimum Gasteiger partial charge on any atom is -0.460 e. The number of hydrogen-bond donors (Lipinski definition) is 3. The number of urea groups is 1. The molecule has 2 heterocycles. The van der Waals surface area contributed by atoms with Crippen LogP contribution in [0.15, 0.2) is 12.7 Å². The van der Waals surface area contributed by atoms with Gasteiger partial charge < -0.3 is 20.5 Å². The highest BCUT2D eigenvalue weighted by Gasteiger charge is 2.28. The van der Waals surface area contributed by atoms with Gasteiger partial charge in [0.05, 0.1) is 18.8 Å². The molecular weight excluding hydrogens is 358 g/mol. The van der Waals surface area contributed by atoms with Crippen molar-refractivity contribution < 1.29 is 23.9 Å². The molecule has 1 aromatic heterocycles. The van der Waals surface area contributed by atoms with Crippen molar-refractivity contribution in [2.45, 2.75) is 32.9 Å². The lowest BCUT2D eigenvalue weighted by Crippen LogP contribution is -2.47. The normalized spacial score (nSPS) is 14.3. The minimum atomic E-state index is -0.829. The van der Waals surface area contributed by atoms with E-state index in [1.165, 1.54) is 17.4 Å². The van der Waals surface area contributed by atoms with Crippen LogP contribution in [-0.2, 0) is 27.3 Å². The number of hydrogen-bond acceptors (Lipinski definition) is 6. The zero-order valence-corrected chi connectivity index (χ0v) is 15.6. The standard InChI is InChI=1S/C17H23N3O5S/c1-4-6-25-16(22)13(9(2)3)19-17(23)20-15-12(14(18)21)10-5-7-24-8-11(10)26-15/h4,9,13H,1,5-8H2,2-3H3,(H2,18,21)(H2,19,20,23). The third-order valence-electron chi connectivity index (χ3n) is 3.84. The molecule has 142 valence electrons. The van der Waals surface area contributed by atoms with Crippen LogP contribution in [0.5, 0.6) is 0 Å². The summed E-state index contributed by atoms with van der Waals surface area (Å²) >= 11 is 1.25. The fourth-order valence-electron chi connectivity index (χ4n) is 2.59. The Bertz CT molecular complexity index is 713. The molecular formula is C17H23N3O5S. The third kappa shape index (κ3) is 4.61. The van der Waals surface area contributed by atoms with Crippen molar-refractivity contribution in [2.24, 2.45) is 11.7 Å². The van der Waals surface area contributed by atoms with E-state index in [2.05, 4.69) is 17.2 Å². The molecule has 26 heavy (non-hydrogen) atoms. The first-order valence-corrected chi connectivity index (χ1v) is 9.03. The zero-order valence-electron chi connectivity index (χ0n) is 14.8. The van der Waals surface area contributed by atoms with Crippen molar-refractivity contribution in [3.63, 3.8) is 0 Å². The highest BCUT2D eigenvalue weighted by atomic mass is 32.1. The van der Waals surface area contributed by atoms with Crippen LogP contribution in [0.1, 0.15) is 34.6 Å². The summed E-state index contributed by atoms with van der Waals surface area (Å²) in [6, 6.07) is -1.44. The van der Waals surface area contributed by atoms with Gasteiger partial charge in [-0.15, -0.1) is 11.3 Å². The number of nitrogens with one attached hydrogen (secondary N) is 2. The molecule has 0 saturated carbocycles. The Morgan fingerprint density at radius 2 is 2.15 bits per heavy atom. The van der Waals surface area contributed by atoms with Crippen LogP contribution >= 0.6 is 11.3 Å². The average Bonchev–Trinajstić information content (AvgIpc) is 2.95. The maximum atomic E-state index is 12.4. The lowest BCUT2D eigenvalue weighted by atomic mass is 10.0. The Balaban J connectivity index is 2.13. The number of primary amides is 1. The summed E-state index contributed by atoms with van der Waals surface area (Å²) in [5, 5.41) is 5.57. The lowest BCUT2D eigenvalue weighted by Gasteiger charge is -2.20. The Hall–Kier alpha value is -2.39. The molecule has 0 aromatic carbocycles. The number of ether oxygens (including phenoxy) is 2. The summed E-state index contributed by atoms with van der Waals surface area (Å²) < 4.78 is 10.4. The van der Waals surface area contributed by atoms with Crippen LogP contribution in [0.3, 0.4) is 0 Å². The number of amides is 3. The maximum absolute atomic E-state index is 12.4. The predicted molar refractivity (Wildman–Crippen MR) is 98.1 cm³/mol. The molecule has 8 nitrogen and oxygen atoms in total. The van der Waals surface area contributed by atoms with E-state index in [-0.39, 0.29) is 12.5 Å². The second kappa shape index (κ2) is 8.81. The summed E-state index contributed by atoms with van der Waals surface area (Å²) in [6.07, 6.45) is 2.02. The van der Waals surface area contributed by atoms with Crippen LogP contribution in [0.25, 0.3) is 0 Å². The van der Waals surface area contributed by atoms with Crippen molar-refractivity contribution in [2.75, 3.05) is 18.5 Å². The highest BCUT2D eigenvalue weighted by molar-refractivity contribution is 7.17. The topological polar surface area (TPSA) is 120 Å². The molecule has 0 saturated heterocycles. The van der Waals surface area contributed by atoms with Gasteiger partial charge in [-0.25, -0.2) is 9.59 Å². The molecule has 1 unspecified atom stereocenters. The summed E-state index contributed by atoms with van der Waals surface area (Å²) in [5.74, 6) is -1.34. The lowest BCUT2D eigenvalue weighted by molar-refractivity contribution is -0.145. The molecule has 0 fully saturated rings. The minimum absolute atomic E-state index is 0.0643. The van der Waals surface area contributed by atoms with E-state index in [0.717, 1.165) is 10.4 Å². The number of anilines is 1. The first kappa shape index (κ1) is 19.9. The van der Waals surface area contributed by atoms with Gasteiger partial charge in [-0.3, -0.25) is 10.1 Å². The molecule has 3 amide bonds. The number of esters is 1. The Labute approximate surface area is 155 Å². The molecule has 0 radical (unpaired) electrons. The fourth-order valence-corrected chi connectivity index (χ4v) is 3.78. The van der Waals surface area contributed by atoms with Crippen LogP contribution in [0.4, 0.5) is 9.80 Å². The summed E-state index contributed by atoms with van der Waals surface area (Å²) in [7, 11) is 0. The summed E-state index contributed by atoms with van der Waals surface area (Å²) in [4.78, 5) is 37.1. The number of fused-ring (bicyclic) bond motifs is 1. The van der Waals surface area contributed by atoms with E-state index < -0.39 is 23.9 Å². The Kier molecular flexibility index (Phi) is 6.76. The third-order valence-corrected chi connectivity index (χ3v) is 4.97. The molecule has 9 heteroatoms. The van der Waals surface area contributed by atoms with Crippen molar-refractivity contribution >= 4 is 34.2 Å². The monoisotopic (exact) mass is 381 g/mol. The molecule has 2 rings (SSSR count). The number of carbonyl (C=O) groups is 3. The molecule has 1 aliphatic rings. The van der Waals surface area contributed by atoms with Crippen molar-refractivity contribution in [3.8, 4) is 0 Å². The molecule has 1 aromatic rings. The van der Waals surface area contributed by atoms with Gasteiger partial charge in [0.2, 0.25) is 0 Å². The quantitative estimate of drug-likeness (QED) is 0.491. The Morgan fingerprint density at radius 3 is 2.77 bits per heavy atom. The molecule has 0 spiro atoms. The van der Waals surface area contributed by atoms with Gasteiger partial charge in [-0.1, -0.05) is 26.5 Å². The smallest absolute Gasteiger partial charge is 0.329 e. The molecule has 1 aliphatic heterocycles. The van der Waals surface area contributed by atoms with E-state index in [0.29, 0.717) is 30.2 Å². The first-order chi connectivity index (χ1) is 12.3. The van der Waals surface area contributed by atoms with Gasteiger partial charge in [0.1, 0.15) is 17.6 Å². The fraction of sp³-hybridized carbons (Fsp3) is 0.471. The van der Waals surface area contributed by atoms with Crippen LogP contribution < -0.4 is 16.4 Å². The van der Waals surface area contributed by atoms with E-state index in [1.807, 2.05) is 0 Å². The van der Waals surface area contributed by atoms with Crippen LogP contribution in [-0.4, -0.2) is 37.2 Å². The van der Waals surface area contributed by atoms with Gasteiger partial charge in [-0.05, 0) is 17.9 Å². The molecule has 4 N–H and O–H groups in total. The summed E-state index contributed by atoms with van der Waals surface area (Å²) in [5.41, 5.74) is 6.60. The molecule has 0 aliphatic carbocycles. The van der Waals surface area contributed by atoms with Crippen molar-refractivity contribution in [1.82, 2.24) is 5.32 Å². The van der Waals surface area contributed by atoms with Gasteiger partial charge in [0, 0.05) is 4.88 Å². The summed E-state index contributed by atoms with van der Waals surface area (Å²) in [6.45, 7) is 8.00.